The minimum Gasteiger partial charge on any atom is -0.508 e. The summed E-state index contributed by atoms with van der Waals surface area (Å²) < 4.78 is 0. The third kappa shape index (κ3) is 2.58. The molecule has 1 rings (SSSR count). The first-order chi connectivity index (χ1) is 6.27. The average Bonchev–Trinajstić information content (AvgIpc) is 2.17. The van der Waals surface area contributed by atoms with Gasteiger partial charge in [0.15, 0.2) is 0 Å². The first-order valence-corrected chi connectivity index (χ1v) is 4.50. The smallest absolute Gasteiger partial charge is 0.123 e. The molecule has 0 aliphatic carbocycles. The highest BCUT2D eigenvalue weighted by atomic mass is 16.3. The zero-order valence-electron chi connectivity index (χ0n) is 7.73. The van der Waals surface area contributed by atoms with Crippen LogP contribution in [0.4, 0.5) is 0 Å². The number of phenols is 1. The Bertz CT molecular complexity index is 281. The van der Waals surface area contributed by atoms with Gasteiger partial charge in [0.25, 0.3) is 0 Å². The quantitative estimate of drug-likeness (QED) is 0.717. The molecule has 1 N–H and O–H groups in total. The molecular formula is C11H14O2. The normalized spacial score (nSPS) is 12.4. The number of benzene rings is 1. The van der Waals surface area contributed by atoms with E-state index in [1.807, 2.05) is 19.1 Å². The van der Waals surface area contributed by atoms with Crippen molar-refractivity contribution in [1.29, 1.82) is 0 Å². The molecule has 0 aromatic heterocycles. The fraction of sp³-hybridized carbons (Fsp3) is 0.364. The number of hydrogen-bond donors (Lipinski definition) is 1. The van der Waals surface area contributed by atoms with Crippen LogP contribution in [0.15, 0.2) is 24.3 Å². The molecule has 0 aliphatic heterocycles. The topological polar surface area (TPSA) is 37.3 Å². The summed E-state index contributed by atoms with van der Waals surface area (Å²) >= 11 is 0. The molecule has 0 spiro atoms. The molecule has 1 aromatic carbocycles. The predicted molar refractivity (Wildman–Crippen MR) is 51.7 cm³/mol. The summed E-state index contributed by atoms with van der Waals surface area (Å²) in [6.07, 6.45) is 2.40. The average molecular weight is 178 g/mol. The highest BCUT2D eigenvalue weighted by molar-refractivity contribution is 5.54. The van der Waals surface area contributed by atoms with Gasteiger partial charge in [-0.05, 0) is 24.5 Å². The summed E-state index contributed by atoms with van der Waals surface area (Å²) in [4.78, 5) is 10.6. The van der Waals surface area contributed by atoms with Gasteiger partial charge in [-0.25, -0.2) is 0 Å². The van der Waals surface area contributed by atoms with E-state index in [1.54, 1.807) is 12.1 Å². The van der Waals surface area contributed by atoms with E-state index in [4.69, 9.17) is 0 Å². The lowest BCUT2D eigenvalue weighted by atomic mass is 9.98. The zero-order valence-corrected chi connectivity index (χ0v) is 7.73. The van der Waals surface area contributed by atoms with Gasteiger partial charge in [0, 0.05) is 5.92 Å². The maximum absolute atomic E-state index is 10.6. The molecule has 1 atom stereocenters. The third-order valence-corrected chi connectivity index (χ3v) is 2.19. The van der Waals surface area contributed by atoms with E-state index in [2.05, 4.69) is 0 Å². The summed E-state index contributed by atoms with van der Waals surface area (Å²) in [6, 6.07) is 7.14. The van der Waals surface area contributed by atoms with Gasteiger partial charge in [-0.2, -0.15) is 0 Å². The molecule has 2 nitrogen and oxygen atoms in total. The molecule has 13 heavy (non-hydrogen) atoms. The third-order valence-electron chi connectivity index (χ3n) is 2.19. The number of para-hydroxylation sites is 1. The van der Waals surface area contributed by atoms with Gasteiger partial charge in [0.2, 0.25) is 0 Å². The highest BCUT2D eigenvalue weighted by Crippen LogP contribution is 2.19. The van der Waals surface area contributed by atoms with Gasteiger partial charge in [0.05, 0.1) is 0 Å². The molecule has 70 valence electrons. The number of aldehydes is 1. The van der Waals surface area contributed by atoms with Gasteiger partial charge in [0.1, 0.15) is 12.0 Å². The van der Waals surface area contributed by atoms with Crippen molar-refractivity contribution in [2.24, 2.45) is 5.92 Å². The van der Waals surface area contributed by atoms with Crippen molar-refractivity contribution in [3.8, 4) is 5.75 Å². The summed E-state index contributed by atoms with van der Waals surface area (Å²) in [6.45, 7) is 1.97. The maximum atomic E-state index is 10.6. The lowest BCUT2D eigenvalue weighted by molar-refractivity contribution is -0.111. The monoisotopic (exact) mass is 178 g/mol. The first-order valence-electron chi connectivity index (χ1n) is 4.50. The number of rotatable bonds is 4. The van der Waals surface area contributed by atoms with Crippen LogP contribution in [0.25, 0.3) is 0 Å². The van der Waals surface area contributed by atoms with Gasteiger partial charge >= 0.3 is 0 Å². The van der Waals surface area contributed by atoms with Crippen LogP contribution >= 0.6 is 0 Å². The zero-order chi connectivity index (χ0) is 9.68. The number of hydrogen-bond acceptors (Lipinski definition) is 2. The van der Waals surface area contributed by atoms with Crippen molar-refractivity contribution in [1.82, 2.24) is 0 Å². The van der Waals surface area contributed by atoms with Crippen molar-refractivity contribution in [3.05, 3.63) is 29.8 Å². The van der Waals surface area contributed by atoms with Crippen molar-refractivity contribution >= 4 is 6.29 Å². The first kappa shape index (κ1) is 9.78. The molecule has 0 radical (unpaired) electrons. The van der Waals surface area contributed by atoms with Crippen LogP contribution in [-0.2, 0) is 11.2 Å². The van der Waals surface area contributed by atoms with Crippen LogP contribution in [0.2, 0.25) is 0 Å². The second-order valence-electron chi connectivity index (χ2n) is 3.14. The van der Waals surface area contributed by atoms with Crippen LogP contribution in [0.1, 0.15) is 18.9 Å². The van der Waals surface area contributed by atoms with Gasteiger partial charge in [-0.15, -0.1) is 0 Å². The Balaban J connectivity index is 2.73. The number of carbonyl (C=O) groups is 1. The fourth-order valence-electron chi connectivity index (χ4n) is 1.25. The van der Waals surface area contributed by atoms with Crippen LogP contribution in [0.5, 0.6) is 5.75 Å². The van der Waals surface area contributed by atoms with Crippen molar-refractivity contribution in [3.63, 3.8) is 0 Å². The minimum atomic E-state index is 0.0216. The van der Waals surface area contributed by atoms with Crippen molar-refractivity contribution in [2.75, 3.05) is 0 Å². The van der Waals surface area contributed by atoms with E-state index >= 15 is 0 Å². The lowest BCUT2D eigenvalue weighted by Gasteiger charge is -2.08. The van der Waals surface area contributed by atoms with Gasteiger partial charge < -0.3 is 9.90 Å². The second-order valence-corrected chi connectivity index (χ2v) is 3.14. The Morgan fingerprint density at radius 1 is 1.46 bits per heavy atom. The minimum absolute atomic E-state index is 0.0216. The SMILES string of the molecule is CCC(C=O)Cc1ccccc1O. The van der Waals surface area contributed by atoms with Crippen molar-refractivity contribution < 1.29 is 9.90 Å². The standard InChI is InChI=1S/C11H14O2/c1-2-9(8-12)7-10-5-3-4-6-11(10)13/h3-6,8-9,13H,2,7H2,1H3. The summed E-state index contributed by atoms with van der Waals surface area (Å²) in [5.41, 5.74) is 0.849. The van der Waals surface area contributed by atoms with E-state index in [9.17, 15) is 9.90 Å². The van der Waals surface area contributed by atoms with Crippen LogP contribution < -0.4 is 0 Å². The molecule has 0 heterocycles. The fourth-order valence-corrected chi connectivity index (χ4v) is 1.25. The molecule has 0 amide bonds. The Kier molecular flexibility index (Phi) is 3.50. The predicted octanol–water partition coefficient (Wildman–Crippen LogP) is 2.16. The van der Waals surface area contributed by atoms with Crippen LogP contribution in [0.3, 0.4) is 0 Å². The molecule has 0 aliphatic rings. The number of aromatic hydroxyl groups is 1. The van der Waals surface area contributed by atoms with E-state index < -0.39 is 0 Å². The Hall–Kier alpha value is -1.31. The van der Waals surface area contributed by atoms with E-state index in [1.165, 1.54) is 0 Å². The summed E-state index contributed by atoms with van der Waals surface area (Å²) in [5.74, 6) is 0.302. The van der Waals surface area contributed by atoms with Crippen LogP contribution in [-0.4, -0.2) is 11.4 Å². The maximum Gasteiger partial charge on any atom is 0.123 e. The molecular weight excluding hydrogens is 164 g/mol. The molecule has 0 saturated carbocycles. The summed E-state index contributed by atoms with van der Waals surface area (Å²) in [7, 11) is 0. The second kappa shape index (κ2) is 4.65. The van der Waals surface area contributed by atoms with Crippen LogP contribution in [0, 0.1) is 5.92 Å². The van der Waals surface area contributed by atoms with Gasteiger partial charge in [-0.3, -0.25) is 0 Å². The molecule has 2 heteroatoms. The van der Waals surface area contributed by atoms with E-state index in [-0.39, 0.29) is 11.7 Å². The molecule has 0 saturated heterocycles. The van der Waals surface area contributed by atoms with E-state index in [0.29, 0.717) is 6.42 Å². The largest absolute Gasteiger partial charge is 0.508 e. The molecule has 1 aromatic rings. The number of carbonyl (C=O) groups excluding carboxylic acids is 1. The Morgan fingerprint density at radius 2 is 2.15 bits per heavy atom. The highest BCUT2D eigenvalue weighted by Gasteiger charge is 2.07. The molecule has 0 fully saturated rings. The number of phenolic OH excluding ortho intramolecular Hbond substituents is 1. The summed E-state index contributed by atoms with van der Waals surface area (Å²) in [5, 5.41) is 9.43. The lowest BCUT2D eigenvalue weighted by Crippen LogP contribution is -2.04. The molecule has 0 bridgehead atoms. The Labute approximate surface area is 78.2 Å². The molecule has 1 unspecified atom stereocenters. The van der Waals surface area contributed by atoms with E-state index in [0.717, 1.165) is 18.3 Å². The van der Waals surface area contributed by atoms with Gasteiger partial charge in [-0.1, -0.05) is 25.1 Å². The van der Waals surface area contributed by atoms with Crippen molar-refractivity contribution in [2.45, 2.75) is 19.8 Å². The Morgan fingerprint density at radius 3 is 2.69 bits per heavy atom.